The first kappa shape index (κ1) is 23.9. The van der Waals surface area contributed by atoms with E-state index in [4.69, 9.17) is 21.8 Å². The van der Waals surface area contributed by atoms with E-state index in [-0.39, 0.29) is 17.4 Å². The minimum Gasteiger partial charge on any atom is -0.421 e. The molecule has 2 aromatic carbocycles. The van der Waals surface area contributed by atoms with Crippen LogP contribution < -0.4 is 5.73 Å². The summed E-state index contributed by atoms with van der Waals surface area (Å²) in [6.45, 7) is 5.48. The summed E-state index contributed by atoms with van der Waals surface area (Å²) in [6, 6.07) is 11.9. The maximum atomic E-state index is 13.5. The number of sulfonamides is 1. The summed E-state index contributed by atoms with van der Waals surface area (Å²) in [6.07, 6.45) is 0.293. The Morgan fingerprint density at radius 1 is 1.09 bits per heavy atom. The van der Waals surface area contributed by atoms with Gasteiger partial charge in [0.25, 0.3) is 0 Å². The smallest absolute Gasteiger partial charge is 0.247 e. The first-order chi connectivity index (χ1) is 15.1. The maximum Gasteiger partial charge on any atom is 0.247 e. The highest BCUT2D eigenvalue weighted by Gasteiger charge is 2.35. The lowest BCUT2D eigenvalue weighted by Crippen LogP contribution is -2.48. The third-order valence-corrected chi connectivity index (χ3v) is 6.98. The van der Waals surface area contributed by atoms with Crippen LogP contribution in [0.25, 0.3) is 11.5 Å². The van der Waals surface area contributed by atoms with Gasteiger partial charge < -0.3 is 10.2 Å². The minimum atomic E-state index is -4.03. The number of aryl methyl sites for hydroxylation is 1. The van der Waals surface area contributed by atoms with E-state index in [1.807, 2.05) is 13.8 Å². The summed E-state index contributed by atoms with van der Waals surface area (Å²) in [4.78, 5) is 12.3. The molecule has 1 aromatic heterocycles. The number of aromatic nitrogens is 2. The van der Waals surface area contributed by atoms with Crippen molar-refractivity contribution in [2.75, 3.05) is 0 Å². The molecule has 2 N–H and O–H groups in total. The predicted octanol–water partition coefficient (Wildman–Crippen LogP) is 3.79. The Hall–Kier alpha value is -2.75. The third kappa shape index (κ3) is 5.53. The third-order valence-electron chi connectivity index (χ3n) is 4.86. The summed E-state index contributed by atoms with van der Waals surface area (Å²) in [5, 5.41) is 8.21. The van der Waals surface area contributed by atoms with Crippen molar-refractivity contribution in [3.05, 3.63) is 65.0 Å². The quantitative estimate of drug-likeness (QED) is 0.501. The molecule has 0 aliphatic heterocycles. The van der Waals surface area contributed by atoms with E-state index in [2.05, 4.69) is 10.2 Å². The Kier molecular flexibility index (Phi) is 7.33. The molecule has 3 rings (SSSR count). The fourth-order valence-electron chi connectivity index (χ4n) is 3.27. The number of nitrogens with two attached hydrogens (primary N) is 1. The second kappa shape index (κ2) is 9.81. The number of amides is 1. The summed E-state index contributed by atoms with van der Waals surface area (Å²) < 4.78 is 33.6. The highest BCUT2D eigenvalue weighted by molar-refractivity contribution is 7.89. The van der Waals surface area contributed by atoms with Gasteiger partial charge in [0.15, 0.2) is 0 Å². The van der Waals surface area contributed by atoms with Crippen molar-refractivity contribution in [3.8, 4) is 11.5 Å². The van der Waals surface area contributed by atoms with Gasteiger partial charge in [-0.05, 0) is 54.3 Å². The molecule has 0 aliphatic rings. The molecule has 0 saturated heterocycles. The topological polar surface area (TPSA) is 119 Å². The van der Waals surface area contributed by atoms with Crippen LogP contribution in [-0.4, -0.2) is 34.9 Å². The fourth-order valence-corrected chi connectivity index (χ4v) is 4.99. The molecule has 170 valence electrons. The molecule has 0 aliphatic carbocycles. The Bertz CT molecular complexity index is 1180. The molecule has 0 radical (unpaired) electrons. The Balaban J connectivity index is 1.98. The van der Waals surface area contributed by atoms with Crippen LogP contribution in [0.5, 0.6) is 0 Å². The van der Waals surface area contributed by atoms with Crippen LogP contribution in [0.2, 0.25) is 5.02 Å². The van der Waals surface area contributed by atoms with Crippen molar-refractivity contribution in [3.63, 3.8) is 0 Å². The van der Waals surface area contributed by atoms with Crippen LogP contribution >= 0.6 is 11.6 Å². The van der Waals surface area contributed by atoms with E-state index >= 15 is 0 Å². The van der Waals surface area contributed by atoms with Gasteiger partial charge in [-0.1, -0.05) is 37.6 Å². The largest absolute Gasteiger partial charge is 0.421 e. The Labute approximate surface area is 192 Å². The van der Waals surface area contributed by atoms with Gasteiger partial charge in [0.2, 0.25) is 27.7 Å². The molecule has 1 heterocycles. The number of carbonyl (C=O) groups is 1. The highest BCUT2D eigenvalue weighted by atomic mass is 35.5. The van der Waals surface area contributed by atoms with Gasteiger partial charge >= 0.3 is 0 Å². The molecule has 32 heavy (non-hydrogen) atoms. The molecule has 0 fully saturated rings. The molecule has 0 saturated carbocycles. The van der Waals surface area contributed by atoms with Gasteiger partial charge in [-0.2, -0.15) is 4.31 Å². The zero-order valence-electron chi connectivity index (χ0n) is 18.0. The zero-order chi connectivity index (χ0) is 23.5. The van der Waals surface area contributed by atoms with Gasteiger partial charge in [0.05, 0.1) is 4.90 Å². The van der Waals surface area contributed by atoms with Gasteiger partial charge in [0, 0.05) is 24.1 Å². The number of primary amides is 1. The zero-order valence-corrected chi connectivity index (χ0v) is 19.6. The van der Waals surface area contributed by atoms with Crippen molar-refractivity contribution in [2.45, 2.75) is 44.7 Å². The average molecular weight is 477 g/mol. The second-order valence-corrected chi connectivity index (χ2v) is 10.2. The van der Waals surface area contributed by atoms with Crippen molar-refractivity contribution in [1.82, 2.24) is 14.5 Å². The van der Waals surface area contributed by atoms with Crippen molar-refractivity contribution in [1.29, 1.82) is 0 Å². The first-order valence-corrected chi connectivity index (χ1v) is 11.9. The monoisotopic (exact) mass is 476 g/mol. The number of hydrogen-bond acceptors (Lipinski definition) is 6. The average Bonchev–Trinajstić information content (AvgIpc) is 3.17. The van der Waals surface area contributed by atoms with E-state index in [0.29, 0.717) is 34.4 Å². The lowest BCUT2D eigenvalue weighted by atomic mass is 10.0. The van der Waals surface area contributed by atoms with Crippen LogP contribution in [0.4, 0.5) is 0 Å². The molecule has 0 unspecified atom stereocenters. The van der Waals surface area contributed by atoms with Crippen LogP contribution in [0.1, 0.15) is 31.7 Å². The van der Waals surface area contributed by atoms with E-state index in [9.17, 15) is 13.2 Å². The first-order valence-electron chi connectivity index (χ1n) is 10.0. The van der Waals surface area contributed by atoms with Gasteiger partial charge in [0.1, 0.15) is 6.04 Å². The van der Waals surface area contributed by atoms with Crippen LogP contribution in [-0.2, 0) is 21.4 Å². The van der Waals surface area contributed by atoms with E-state index in [0.717, 1.165) is 4.31 Å². The molecule has 10 heteroatoms. The number of rotatable bonds is 9. The molecule has 0 spiro atoms. The number of carbonyl (C=O) groups excluding carboxylic acids is 1. The number of benzene rings is 2. The lowest BCUT2D eigenvalue weighted by molar-refractivity contribution is -0.122. The normalized spacial score (nSPS) is 12.9. The van der Waals surface area contributed by atoms with Crippen molar-refractivity contribution >= 4 is 27.5 Å². The Morgan fingerprint density at radius 3 is 2.22 bits per heavy atom. The number of nitrogens with zero attached hydrogens (tertiary/aromatic N) is 3. The Morgan fingerprint density at radius 2 is 1.72 bits per heavy atom. The molecular weight excluding hydrogens is 452 g/mol. The summed E-state index contributed by atoms with van der Waals surface area (Å²) >= 11 is 5.92. The molecule has 3 aromatic rings. The minimum absolute atomic E-state index is 0.0333. The number of hydrogen-bond donors (Lipinski definition) is 1. The van der Waals surface area contributed by atoms with Crippen LogP contribution in [0, 0.1) is 12.8 Å². The predicted molar refractivity (Wildman–Crippen MR) is 121 cm³/mol. The van der Waals surface area contributed by atoms with E-state index in [1.165, 1.54) is 24.3 Å². The molecule has 1 atom stereocenters. The fraction of sp³-hybridized carbons (Fsp3) is 0.318. The van der Waals surface area contributed by atoms with Gasteiger partial charge in [-0.15, -0.1) is 10.2 Å². The highest BCUT2D eigenvalue weighted by Crippen LogP contribution is 2.26. The summed E-state index contributed by atoms with van der Waals surface area (Å²) in [5.74, 6) is 0.171. The lowest BCUT2D eigenvalue weighted by Gasteiger charge is -2.30. The summed E-state index contributed by atoms with van der Waals surface area (Å²) in [5.41, 5.74) is 7.03. The molecule has 1 amide bonds. The second-order valence-electron chi connectivity index (χ2n) is 7.88. The van der Waals surface area contributed by atoms with Crippen LogP contribution in [0.3, 0.4) is 0 Å². The molecule has 8 nitrogen and oxygen atoms in total. The summed E-state index contributed by atoms with van der Waals surface area (Å²) in [7, 11) is -4.03. The number of halogens is 1. The maximum absolute atomic E-state index is 13.5. The van der Waals surface area contributed by atoms with Gasteiger partial charge in [-0.25, -0.2) is 8.42 Å². The van der Waals surface area contributed by atoms with Crippen LogP contribution in [0.15, 0.2) is 57.8 Å². The van der Waals surface area contributed by atoms with E-state index in [1.54, 1.807) is 31.2 Å². The SMILES string of the molecule is Cc1nnc(-c2ccc(CN([C@H](CC(C)C)C(N)=O)S(=O)(=O)c3ccc(Cl)cc3)cc2)o1. The van der Waals surface area contributed by atoms with E-state index < -0.39 is 22.0 Å². The standard InChI is InChI=1S/C22H25ClN4O4S/c1-14(2)12-20(21(24)28)27(32(29,30)19-10-8-18(23)9-11-19)13-16-4-6-17(7-5-16)22-26-25-15(3)31-22/h4-11,14,20H,12-13H2,1-3H3,(H2,24,28)/t20-/m1/s1. The van der Waals surface area contributed by atoms with Gasteiger partial charge in [-0.3, -0.25) is 4.79 Å². The molecule has 0 bridgehead atoms. The van der Waals surface area contributed by atoms with Crippen molar-refractivity contribution < 1.29 is 17.6 Å². The van der Waals surface area contributed by atoms with Crippen molar-refractivity contribution in [2.24, 2.45) is 11.7 Å². The molecular formula is C22H25ClN4O4S.